The van der Waals surface area contributed by atoms with Crippen molar-refractivity contribution in [2.24, 2.45) is 5.73 Å². The van der Waals surface area contributed by atoms with E-state index in [1.54, 1.807) is 0 Å². The van der Waals surface area contributed by atoms with Gasteiger partial charge in [0.25, 0.3) is 0 Å². The third-order valence-corrected chi connectivity index (χ3v) is 2.80. The molecule has 0 saturated carbocycles. The number of hydrogen-bond donors (Lipinski definition) is 2. The molecule has 3 heterocycles. The average Bonchev–Trinajstić information content (AvgIpc) is 3.00. The summed E-state index contributed by atoms with van der Waals surface area (Å²) in [5.74, 6) is 1.30. The van der Waals surface area contributed by atoms with Crippen LogP contribution in [0.5, 0.6) is 0 Å². The summed E-state index contributed by atoms with van der Waals surface area (Å²) in [6.45, 7) is 1.19. The van der Waals surface area contributed by atoms with Crippen LogP contribution in [0.25, 0.3) is 11.6 Å². The monoisotopic (exact) mass is 236 g/mol. The van der Waals surface area contributed by atoms with Gasteiger partial charge in [-0.15, -0.1) is 0 Å². The maximum Gasteiger partial charge on any atom is 0.239 e. The van der Waals surface area contributed by atoms with Crippen LogP contribution < -0.4 is 5.73 Å². The molecule has 8 nitrogen and oxygen atoms in total. The maximum atomic E-state index is 6.00. The van der Waals surface area contributed by atoms with Gasteiger partial charge in [0, 0.05) is 12.6 Å². The van der Waals surface area contributed by atoms with E-state index < -0.39 is 0 Å². The first-order valence-electron chi connectivity index (χ1n) is 5.37. The van der Waals surface area contributed by atoms with Crippen molar-refractivity contribution in [3.05, 3.63) is 12.2 Å². The van der Waals surface area contributed by atoms with Gasteiger partial charge < -0.3 is 15.0 Å². The summed E-state index contributed by atoms with van der Waals surface area (Å²) in [5, 5.41) is 10.2. The largest absolute Gasteiger partial charge is 0.381 e. The van der Waals surface area contributed by atoms with Crippen LogP contribution >= 0.6 is 0 Å². The Bertz CT molecular complexity index is 481. The summed E-state index contributed by atoms with van der Waals surface area (Å²) in [5.41, 5.74) is 6.00. The van der Waals surface area contributed by atoms with Crippen molar-refractivity contribution in [2.75, 3.05) is 13.2 Å². The van der Waals surface area contributed by atoms with E-state index in [-0.39, 0.29) is 12.0 Å². The second-order valence-electron chi connectivity index (χ2n) is 3.92. The van der Waals surface area contributed by atoms with Crippen molar-refractivity contribution in [2.45, 2.75) is 18.4 Å². The van der Waals surface area contributed by atoms with Gasteiger partial charge in [-0.25, -0.2) is 4.98 Å². The van der Waals surface area contributed by atoms with Crippen molar-refractivity contribution < 1.29 is 9.26 Å². The molecule has 2 aromatic rings. The summed E-state index contributed by atoms with van der Waals surface area (Å²) < 4.78 is 10.6. The average molecular weight is 236 g/mol. The molecule has 0 amide bonds. The lowest BCUT2D eigenvalue weighted by atomic mass is 9.97. The quantitative estimate of drug-likeness (QED) is 0.734. The number of ether oxygens (including phenoxy) is 1. The van der Waals surface area contributed by atoms with Gasteiger partial charge in [0.1, 0.15) is 6.33 Å². The van der Waals surface area contributed by atoms with Gasteiger partial charge in [-0.1, -0.05) is 5.16 Å². The molecule has 1 fully saturated rings. The van der Waals surface area contributed by atoms with Crippen molar-refractivity contribution in [3.63, 3.8) is 0 Å². The SMILES string of the molecule is NC1CCOCC1c1nc(-c2ncn[nH]2)no1. The minimum Gasteiger partial charge on any atom is -0.381 e. The first-order chi connectivity index (χ1) is 8.34. The van der Waals surface area contributed by atoms with E-state index in [9.17, 15) is 0 Å². The molecule has 90 valence electrons. The molecule has 8 heteroatoms. The number of nitrogens with one attached hydrogen (secondary N) is 1. The Morgan fingerprint density at radius 1 is 1.47 bits per heavy atom. The van der Waals surface area contributed by atoms with E-state index >= 15 is 0 Å². The fourth-order valence-electron chi connectivity index (χ4n) is 1.80. The van der Waals surface area contributed by atoms with E-state index in [0.29, 0.717) is 30.8 Å². The zero-order valence-corrected chi connectivity index (χ0v) is 9.04. The van der Waals surface area contributed by atoms with Crippen LogP contribution in [0.2, 0.25) is 0 Å². The fraction of sp³-hybridized carbons (Fsp3) is 0.556. The van der Waals surface area contributed by atoms with E-state index in [1.165, 1.54) is 6.33 Å². The Morgan fingerprint density at radius 3 is 3.18 bits per heavy atom. The highest BCUT2D eigenvalue weighted by atomic mass is 16.5. The van der Waals surface area contributed by atoms with Crippen molar-refractivity contribution in [3.8, 4) is 11.6 Å². The molecule has 2 aromatic heterocycles. The summed E-state index contributed by atoms with van der Waals surface area (Å²) >= 11 is 0. The number of rotatable bonds is 2. The molecule has 1 saturated heterocycles. The number of aromatic nitrogens is 5. The predicted octanol–water partition coefficient (Wildman–Crippen LogP) is -0.314. The number of nitrogens with zero attached hydrogens (tertiary/aromatic N) is 4. The molecule has 17 heavy (non-hydrogen) atoms. The molecular formula is C9H12N6O2. The van der Waals surface area contributed by atoms with Crippen LogP contribution in [0.15, 0.2) is 10.9 Å². The molecule has 0 bridgehead atoms. The Hall–Kier alpha value is -1.80. The molecule has 1 aliphatic heterocycles. The molecule has 3 N–H and O–H groups in total. The fourth-order valence-corrected chi connectivity index (χ4v) is 1.80. The van der Waals surface area contributed by atoms with Crippen LogP contribution in [0.4, 0.5) is 0 Å². The molecule has 0 aliphatic carbocycles. The third kappa shape index (κ3) is 1.92. The van der Waals surface area contributed by atoms with E-state index in [2.05, 4.69) is 25.3 Å². The first-order valence-corrected chi connectivity index (χ1v) is 5.37. The Morgan fingerprint density at radius 2 is 2.41 bits per heavy atom. The highest BCUT2D eigenvalue weighted by Crippen LogP contribution is 2.24. The van der Waals surface area contributed by atoms with Gasteiger partial charge in [-0.2, -0.15) is 10.1 Å². The standard InChI is InChI=1S/C9H12N6O2/c10-6-1-2-16-3-5(6)9-13-8(15-17-9)7-11-4-12-14-7/h4-6H,1-3,10H2,(H,11,12,14). The molecular weight excluding hydrogens is 224 g/mol. The summed E-state index contributed by atoms with van der Waals surface area (Å²) in [6.07, 6.45) is 2.19. The number of aromatic amines is 1. The number of H-pyrrole nitrogens is 1. The lowest BCUT2D eigenvalue weighted by Gasteiger charge is -2.25. The highest BCUT2D eigenvalue weighted by molar-refractivity contribution is 5.39. The Balaban J connectivity index is 1.84. The molecule has 0 radical (unpaired) electrons. The minimum absolute atomic E-state index is 0.00761. The van der Waals surface area contributed by atoms with E-state index in [1.807, 2.05) is 0 Å². The van der Waals surface area contributed by atoms with Crippen LogP contribution in [-0.4, -0.2) is 44.6 Å². The van der Waals surface area contributed by atoms with Gasteiger partial charge in [-0.05, 0) is 6.42 Å². The maximum absolute atomic E-state index is 6.00. The highest BCUT2D eigenvalue weighted by Gasteiger charge is 2.29. The molecule has 0 spiro atoms. The van der Waals surface area contributed by atoms with Gasteiger partial charge in [0.2, 0.25) is 11.7 Å². The van der Waals surface area contributed by atoms with Gasteiger partial charge in [-0.3, -0.25) is 5.10 Å². The molecule has 0 aromatic carbocycles. The molecule has 3 rings (SSSR count). The molecule has 2 unspecified atom stereocenters. The molecule has 2 atom stereocenters. The Kier molecular flexibility index (Phi) is 2.57. The Labute approximate surface area is 96.6 Å². The van der Waals surface area contributed by atoms with Crippen molar-refractivity contribution >= 4 is 0 Å². The second kappa shape index (κ2) is 4.22. The zero-order valence-electron chi connectivity index (χ0n) is 9.04. The van der Waals surface area contributed by atoms with Crippen LogP contribution in [0.3, 0.4) is 0 Å². The summed E-state index contributed by atoms with van der Waals surface area (Å²) in [6, 6.07) is -0.00761. The normalized spacial score (nSPS) is 25.0. The third-order valence-electron chi connectivity index (χ3n) is 2.80. The molecule has 1 aliphatic rings. The van der Waals surface area contributed by atoms with Crippen molar-refractivity contribution in [1.82, 2.24) is 25.3 Å². The lowest BCUT2D eigenvalue weighted by molar-refractivity contribution is 0.0590. The van der Waals surface area contributed by atoms with Gasteiger partial charge >= 0.3 is 0 Å². The smallest absolute Gasteiger partial charge is 0.239 e. The second-order valence-corrected chi connectivity index (χ2v) is 3.92. The number of hydrogen-bond acceptors (Lipinski definition) is 7. The number of nitrogens with two attached hydrogens (primary N) is 1. The van der Waals surface area contributed by atoms with Crippen LogP contribution in [0, 0.1) is 0 Å². The first kappa shape index (κ1) is 10.4. The van der Waals surface area contributed by atoms with Gasteiger partial charge in [0.05, 0.1) is 12.5 Å². The van der Waals surface area contributed by atoms with Crippen LogP contribution in [-0.2, 0) is 4.74 Å². The van der Waals surface area contributed by atoms with Gasteiger partial charge in [0.15, 0.2) is 5.82 Å². The topological polar surface area (TPSA) is 116 Å². The van der Waals surface area contributed by atoms with E-state index in [0.717, 1.165) is 6.42 Å². The summed E-state index contributed by atoms with van der Waals surface area (Å²) in [7, 11) is 0. The summed E-state index contributed by atoms with van der Waals surface area (Å²) in [4.78, 5) is 8.21. The lowest BCUT2D eigenvalue weighted by Crippen LogP contribution is -2.37. The van der Waals surface area contributed by atoms with E-state index in [4.69, 9.17) is 15.0 Å². The predicted molar refractivity (Wildman–Crippen MR) is 55.8 cm³/mol. The zero-order chi connectivity index (χ0) is 11.7. The van der Waals surface area contributed by atoms with Crippen molar-refractivity contribution in [1.29, 1.82) is 0 Å². The van der Waals surface area contributed by atoms with Crippen LogP contribution in [0.1, 0.15) is 18.2 Å². The minimum atomic E-state index is -0.0482.